The monoisotopic (exact) mass is 704 g/mol. The fourth-order valence-corrected chi connectivity index (χ4v) is 4.65. The van der Waals surface area contributed by atoms with E-state index in [0.717, 1.165) is 10.7 Å². The zero-order valence-electron chi connectivity index (χ0n) is 24.6. The standard InChI is InChI=1S/C29H19ClF6N10O3/c1-15-9-16(12-37)10-19(25(47)39-13-17-5-2-3-7-22(17)49-29(34,35)36)23(15)40-26(48)21-11-18(14-45-43-27(41-44-45)28(31,32)33)42-46(21)24-20(30)6-4-8-38-24/h2-11H,13-14H2,1H3,(H,39,47)(H,40,48). The van der Waals surface area contributed by atoms with E-state index in [1.165, 1.54) is 61.7 Å². The molecule has 0 aliphatic heterocycles. The first-order chi connectivity index (χ1) is 23.1. The van der Waals surface area contributed by atoms with Gasteiger partial charge in [-0.2, -0.15) is 28.3 Å². The zero-order valence-corrected chi connectivity index (χ0v) is 25.4. The number of carbonyl (C=O) groups is 2. The average molecular weight is 705 g/mol. The first kappa shape index (κ1) is 34.3. The van der Waals surface area contributed by atoms with Gasteiger partial charge in [0.05, 0.1) is 33.6 Å². The molecule has 0 fully saturated rings. The lowest BCUT2D eigenvalue weighted by atomic mass is 10.0. The minimum atomic E-state index is -4.99. The highest BCUT2D eigenvalue weighted by molar-refractivity contribution is 6.32. The van der Waals surface area contributed by atoms with E-state index >= 15 is 0 Å². The second kappa shape index (κ2) is 13.6. The fourth-order valence-electron chi connectivity index (χ4n) is 4.45. The lowest BCUT2D eigenvalue weighted by Gasteiger charge is -2.16. The van der Waals surface area contributed by atoms with Crippen LogP contribution in [0, 0.1) is 18.3 Å². The number of rotatable bonds is 9. The molecule has 49 heavy (non-hydrogen) atoms. The van der Waals surface area contributed by atoms with Crippen molar-refractivity contribution in [1.82, 2.24) is 40.3 Å². The summed E-state index contributed by atoms with van der Waals surface area (Å²) in [6.07, 6.45) is -8.49. The van der Waals surface area contributed by atoms with Gasteiger partial charge in [0.1, 0.15) is 18.0 Å². The number of halogens is 7. The van der Waals surface area contributed by atoms with Gasteiger partial charge in [-0.1, -0.05) is 29.8 Å². The van der Waals surface area contributed by atoms with Crippen LogP contribution < -0.4 is 15.4 Å². The number of para-hydroxylation sites is 1. The maximum Gasteiger partial charge on any atom is 0.573 e. The zero-order chi connectivity index (χ0) is 35.5. The van der Waals surface area contributed by atoms with Gasteiger partial charge in [-0.15, -0.1) is 23.4 Å². The van der Waals surface area contributed by atoms with E-state index in [9.17, 15) is 41.2 Å². The van der Waals surface area contributed by atoms with Crippen LogP contribution in [-0.4, -0.2) is 53.1 Å². The summed E-state index contributed by atoms with van der Waals surface area (Å²) >= 11 is 6.30. The predicted octanol–water partition coefficient (Wildman–Crippen LogP) is 5.24. The molecule has 0 bridgehead atoms. The summed E-state index contributed by atoms with van der Waals surface area (Å²) in [6, 6.07) is 13.7. The number of carbonyl (C=O) groups excluding carboxylic acids is 2. The van der Waals surface area contributed by atoms with Crippen LogP contribution in [0.15, 0.2) is 60.8 Å². The molecule has 5 rings (SSSR count). The van der Waals surface area contributed by atoms with Crippen LogP contribution in [0.5, 0.6) is 5.75 Å². The molecule has 0 spiro atoms. The highest BCUT2D eigenvalue weighted by atomic mass is 35.5. The average Bonchev–Trinajstić information content (AvgIpc) is 3.68. The molecule has 0 aliphatic carbocycles. The van der Waals surface area contributed by atoms with Crippen molar-refractivity contribution in [2.75, 3.05) is 5.32 Å². The van der Waals surface area contributed by atoms with E-state index in [4.69, 9.17) is 11.6 Å². The van der Waals surface area contributed by atoms with Gasteiger partial charge in [0.2, 0.25) is 0 Å². The van der Waals surface area contributed by atoms with Crippen molar-refractivity contribution in [2.45, 2.75) is 32.6 Å². The predicted molar refractivity (Wildman–Crippen MR) is 156 cm³/mol. The van der Waals surface area contributed by atoms with Crippen LogP contribution in [0.3, 0.4) is 0 Å². The summed E-state index contributed by atoms with van der Waals surface area (Å²) < 4.78 is 82.7. The number of tetrazole rings is 1. The van der Waals surface area contributed by atoms with Crippen LogP contribution >= 0.6 is 11.6 Å². The first-order valence-electron chi connectivity index (χ1n) is 13.7. The number of hydrogen-bond acceptors (Lipinski definition) is 9. The first-order valence-corrected chi connectivity index (χ1v) is 14.0. The Morgan fingerprint density at radius 1 is 1.02 bits per heavy atom. The SMILES string of the molecule is Cc1cc(C#N)cc(C(=O)NCc2ccccc2OC(F)(F)F)c1NC(=O)c1cc(Cn2nnc(C(F)(F)F)n2)nn1-c1ncccc1Cl. The number of nitrogens with zero attached hydrogens (tertiary/aromatic N) is 8. The molecule has 0 saturated carbocycles. The van der Waals surface area contributed by atoms with Crippen LogP contribution in [-0.2, 0) is 19.3 Å². The molecular formula is C29H19ClF6N10O3. The number of aryl methyl sites for hydroxylation is 1. The van der Waals surface area contributed by atoms with E-state index in [0.29, 0.717) is 4.80 Å². The molecule has 2 amide bonds. The molecular weight excluding hydrogens is 686 g/mol. The Hall–Kier alpha value is -6.03. The molecule has 0 aliphatic rings. The Bertz CT molecular complexity index is 2090. The minimum Gasteiger partial charge on any atom is -0.405 e. The summed E-state index contributed by atoms with van der Waals surface area (Å²) in [5, 5.41) is 28.5. The van der Waals surface area contributed by atoms with Crippen LogP contribution in [0.4, 0.5) is 32.0 Å². The smallest absolute Gasteiger partial charge is 0.405 e. The van der Waals surface area contributed by atoms with Gasteiger partial charge < -0.3 is 15.4 Å². The van der Waals surface area contributed by atoms with Crippen LogP contribution in [0.25, 0.3) is 5.82 Å². The van der Waals surface area contributed by atoms with Crippen LogP contribution in [0.2, 0.25) is 5.02 Å². The molecule has 5 aromatic rings. The number of aromatic nitrogens is 7. The number of amides is 2. The van der Waals surface area contributed by atoms with Crippen molar-refractivity contribution in [3.8, 4) is 17.6 Å². The van der Waals surface area contributed by atoms with E-state index in [-0.39, 0.29) is 50.2 Å². The third-order valence-electron chi connectivity index (χ3n) is 6.53. The molecule has 252 valence electrons. The lowest BCUT2D eigenvalue weighted by Crippen LogP contribution is -2.27. The maximum absolute atomic E-state index is 13.8. The number of pyridine rings is 1. The Morgan fingerprint density at radius 3 is 2.45 bits per heavy atom. The minimum absolute atomic E-state index is 0.00717. The van der Waals surface area contributed by atoms with Gasteiger partial charge in [0, 0.05) is 18.3 Å². The number of benzene rings is 2. The molecule has 0 saturated heterocycles. The second-order valence-corrected chi connectivity index (χ2v) is 10.4. The summed E-state index contributed by atoms with van der Waals surface area (Å²) in [5.74, 6) is -3.82. The molecule has 0 radical (unpaired) electrons. The Labute approximate surface area is 276 Å². The third kappa shape index (κ3) is 8.10. The molecule has 3 heterocycles. The van der Waals surface area contributed by atoms with E-state index < -0.39 is 49.0 Å². The number of nitriles is 1. The van der Waals surface area contributed by atoms with Gasteiger partial charge in [-0.25, -0.2) is 9.67 Å². The molecule has 20 heteroatoms. The number of hydrogen-bond donors (Lipinski definition) is 2. The summed E-state index contributed by atoms with van der Waals surface area (Å²) in [6.45, 7) is 0.617. The Morgan fingerprint density at radius 2 is 1.78 bits per heavy atom. The van der Waals surface area contributed by atoms with Crippen molar-refractivity contribution in [3.63, 3.8) is 0 Å². The van der Waals surface area contributed by atoms with Crippen molar-refractivity contribution < 1.29 is 40.7 Å². The summed E-state index contributed by atoms with van der Waals surface area (Å²) in [7, 11) is 0. The van der Waals surface area contributed by atoms with Crippen molar-refractivity contribution in [3.05, 3.63) is 105 Å². The van der Waals surface area contributed by atoms with Gasteiger partial charge in [-0.05, 0) is 54.1 Å². The van der Waals surface area contributed by atoms with Crippen molar-refractivity contribution >= 4 is 29.1 Å². The van der Waals surface area contributed by atoms with E-state index in [1.807, 2.05) is 6.07 Å². The van der Waals surface area contributed by atoms with Gasteiger partial charge >= 0.3 is 12.5 Å². The number of anilines is 1. The van der Waals surface area contributed by atoms with Crippen molar-refractivity contribution in [2.24, 2.45) is 0 Å². The maximum atomic E-state index is 13.8. The fraction of sp³-hybridized carbons (Fsp3) is 0.172. The van der Waals surface area contributed by atoms with E-state index in [1.54, 1.807) is 0 Å². The van der Waals surface area contributed by atoms with Crippen LogP contribution in [0.1, 0.15) is 49.1 Å². The quantitative estimate of drug-likeness (QED) is 0.195. The second-order valence-electron chi connectivity index (χ2n) is 10.0. The van der Waals surface area contributed by atoms with Gasteiger partial charge in [-0.3, -0.25) is 9.59 Å². The Kier molecular flexibility index (Phi) is 9.52. The molecule has 0 unspecified atom stereocenters. The van der Waals surface area contributed by atoms with E-state index in [2.05, 4.69) is 40.9 Å². The van der Waals surface area contributed by atoms with Gasteiger partial charge in [0.25, 0.3) is 17.6 Å². The molecule has 13 nitrogen and oxygen atoms in total. The number of ether oxygens (including phenoxy) is 1. The summed E-state index contributed by atoms with van der Waals surface area (Å²) in [4.78, 5) is 31.9. The highest BCUT2D eigenvalue weighted by Crippen LogP contribution is 2.29. The normalized spacial score (nSPS) is 11.6. The summed E-state index contributed by atoms with van der Waals surface area (Å²) in [5.41, 5.74) is -0.255. The lowest BCUT2D eigenvalue weighted by molar-refractivity contribution is -0.274. The molecule has 3 aromatic heterocycles. The topological polar surface area (TPSA) is 166 Å². The van der Waals surface area contributed by atoms with Crippen molar-refractivity contribution in [1.29, 1.82) is 5.26 Å². The number of nitrogens with one attached hydrogen (secondary N) is 2. The molecule has 0 atom stereocenters. The molecule has 2 aromatic carbocycles. The van der Waals surface area contributed by atoms with Gasteiger partial charge in [0.15, 0.2) is 5.82 Å². The highest BCUT2D eigenvalue weighted by Gasteiger charge is 2.37. The Balaban J connectivity index is 1.47. The number of alkyl halides is 6. The third-order valence-corrected chi connectivity index (χ3v) is 6.82. The largest absolute Gasteiger partial charge is 0.573 e. The molecule has 2 N–H and O–H groups in total.